The molecule has 0 aromatic carbocycles. The van der Waals surface area contributed by atoms with E-state index in [0.29, 0.717) is 0 Å². The van der Waals surface area contributed by atoms with E-state index in [1.807, 2.05) is 6.92 Å². The van der Waals surface area contributed by atoms with Gasteiger partial charge in [0.05, 0.1) is 0 Å². The average Bonchev–Trinajstić information content (AvgIpc) is 2.24. The van der Waals surface area contributed by atoms with Crippen molar-refractivity contribution in [1.29, 1.82) is 0 Å². The third kappa shape index (κ3) is 8.42. The van der Waals surface area contributed by atoms with Crippen molar-refractivity contribution in [3.8, 4) is 0 Å². The van der Waals surface area contributed by atoms with Crippen LogP contribution >= 0.6 is 0 Å². The van der Waals surface area contributed by atoms with E-state index in [1.165, 1.54) is 27.9 Å². The molecule has 0 saturated carbocycles. The van der Waals surface area contributed by atoms with Gasteiger partial charge in [-0.1, -0.05) is 47.1 Å². The van der Waals surface area contributed by atoms with E-state index in [0.717, 1.165) is 18.4 Å². The zero-order valence-electron chi connectivity index (χ0n) is 13.9. The lowest BCUT2D eigenvalue weighted by Gasteiger charge is -2.11. The van der Waals surface area contributed by atoms with Gasteiger partial charge in [-0.2, -0.15) is 0 Å². The molecule has 0 aromatic heterocycles. The molecule has 0 N–H and O–H groups in total. The van der Waals surface area contributed by atoms with Crippen molar-refractivity contribution in [2.75, 3.05) is 0 Å². The van der Waals surface area contributed by atoms with E-state index in [4.69, 9.17) is 0 Å². The maximum atomic E-state index is 3.96. The highest BCUT2D eigenvalue weighted by Gasteiger charge is 2.03. The summed E-state index contributed by atoms with van der Waals surface area (Å²) in [5.41, 5.74) is 8.12. The summed E-state index contributed by atoms with van der Waals surface area (Å²) in [5.74, 6) is 0. The Hall–Kier alpha value is -1.30. The quantitative estimate of drug-likeness (QED) is 0.475. The molecule has 0 spiro atoms. The number of hydrogen-bond acceptors (Lipinski definition) is 0. The van der Waals surface area contributed by atoms with Crippen LogP contribution in [0.2, 0.25) is 0 Å². The number of allylic oxidation sites excluding steroid dienone is 9. The van der Waals surface area contributed by atoms with Crippen molar-refractivity contribution in [2.45, 2.75) is 61.3 Å². The topological polar surface area (TPSA) is 0 Å². The summed E-state index contributed by atoms with van der Waals surface area (Å²) in [7, 11) is 0. The minimum atomic E-state index is 1.11. The molecule has 0 aliphatic heterocycles. The van der Waals surface area contributed by atoms with Crippen LogP contribution in [0.15, 0.2) is 58.2 Å². The standard InChI is InChI=1S/C19H30/c1-14(2)9-10-17(7)11-12-19(16(5)6)18(8)13-15(3)4/h9-10,13H,3,11-12H2,1-2,4-8H3. The van der Waals surface area contributed by atoms with Gasteiger partial charge in [-0.15, -0.1) is 0 Å². The molecule has 0 heterocycles. The Balaban J connectivity index is 4.84. The molecule has 0 atom stereocenters. The first-order valence-corrected chi connectivity index (χ1v) is 7.05. The predicted molar refractivity (Wildman–Crippen MR) is 89.4 cm³/mol. The average molecular weight is 258 g/mol. The largest absolute Gasteiger partial charge is 0.0961 e. The first-order chi connectivity index (χ1) is 8.73. The Morgan fingerprint density at radius 3 is 1.84 bits per heavy atom. The molecule has 0 unspecified atom stereocenters. The van der Waals surface area contributed by atoms with Crippen molar-refractivity contribution in [3.05, 3.63) is 58.2 Å². The van der Waals surface area contributed by atoms with Crippen LogP contribution in [0.3, 0.4) is 0 Å². The second kappa shape index (κ2) is 8.74. The molecule has 0 heteroatoms. The van der Waals surface area contributed by atoms with E-state index >= 15 is 0 Å². The van der Waals surface area contributed by atoms with Crippen molar-refractivity contribution in [2.24, 2.45) is 0 Å². The lowest BCUT2D eigenvalue weighted by Crippen LogP contribution is -1.92. The second-order valence-corrected chi connectivity index (χ2v) is 5.91. The van der Waals surface area contributed by atoms with Crippen molar-refractivity contribution in [1.82, 2.24) is 0 Å². The molecule has 106 valence electrons. The van der Waals surface area contributed by atoms with Gasteiger partial charge in [-0.05, 0) is 72.5 Å². The Bertz CT molecular complexity index is 429. The Morgan fingerprint density at radius 1 is 0.842 bits per heavy atom. The van der Waals surface area contributed by atoms with Gasteiger partial charge in [0.15, 0.2) is 0 Å². The molecular formula is C19H30. The van der Waals surface area contributed by atoms with E-state index in [9.17, 15) is 0 Å². The molecular weight excluding hydrogens is 228 g/mol. The number of rotatable bonds is 6. The van der Waals surface area contributed by atoms with Crippen LogP contribution in [0.5, 0.6) is 0 Å². The van der Waals surface area contributed by atoms with E-state index in [2.05, 4.69) is 66.3 Å². The summed E-state index contributed by atoms with van der Waals surface area (Å²) < 4.78 is 0. The van der Waals surface area contributed by atoms with Crippen LogP contribution in [0.25, 0.3) is 0 Å². The highest BCUT2D eigenvalue weighted by molar-refractivity contribution is 5.37. The highest BCUT2D eigenvalue weighted by atomic mass is 14.1. The zero-order valence-corrected chi connectivity index (χ0v) is 13.9. The van der Waals surface area contributed by atoms with Crippen LogP contribution < -0.4 is 0 Å². The molecule has 0 rings (SSSR count). The first-order valence-electron chi connectivity index (χ1n) is 7.05. The van der Waals surface area contributed by atoms with E-state index in [-0.39, 0.29) is 0 Å². The minimum Gasteiger partial charge on any atom is -0.0961 e. The van der Waals surface area contributed by atoms with Crippen LogP contribution in [-0.2, 0) is 0 Å². The fourth-order valence-electron chi connectivity index (χ4n) is 2.01. The molecule has 0 aromatic rings. The molecule has 0 radical (unpaired) electrons. The lowest BCUT2D eigenvalue weighted by molar-refractivity contribution is 0.913. The smallest absolute Gasteiger partial charge is 0.0240 e. The van der Waals surface area contributed by atoms with E-state index < -0.39 is 0 Å². The van der Waals surface area contributed by atoms with Gasteiger partial charge in [0, 0.05) is 0 Å². The summed E-state index contributed by atoms with van der Waals surface area (Å²) in [4.78, 5) is 0. The number of hydrogen-bond donors (Lipinski definition) is 0. The van der Waals surface area contributed by atoms with Gasteiger partial charge in [-0.25, -0.2) is 0 Å². The Morgan fingerprint density at radius 2 is 1.42 bits per heavy atom. The SMILES string of the molecule is C=C(C)C=C(C)C(CCC(C)=CC=C(C)C)=C(C)C. The monoisotopic (exact) mass is 258 g/mol. The first kappa shape index (κ1) is 17.7. The van der Waals surface area contributed by atoms with Gasteiger partial charge in [0.25, 0.3) is 0 Å². The summed E-state index contributed by atoms with van der Waals surface area (Å²) >= 11 is 0. The fourth-order valence-corrected chi connectivity index (χ4v) is 2.01. The van der Waals surface area contributed by atoms with E-state index in [1.54, 1.807) is 0 Å². The summed E-state index contributed by atoms with van der Waals surface area (Å²) in [5, 5.41) is 0. The molecule has 0 nitrogen and oxygen atoms in total. The zero-order chi connectivity index (χ0) is 15.0. The van der Waals surface area contributed by atoms with Gasteiger partial charge in [0.2, 0.25) is 0 Å². The molecule has 0 aliphatic carbocycles. The van der Waals surface area contributed by atoms with Crippen LogP contribution in [-0.4, -0.2) is 0 Å². The van der Waals surface area contributed by atoms with Crippen LogP contribution in [0.4, 0.5) is 0 Å². The normalized spacial score (nSPS) is 12.2. The van der Waals surface area contributed by atoms with Crippen LogP contribution in [0.1, 0.15) is 61.3 Å². The summed E-state index contributed by atoms with van der Waals surface area (Å²) in [6, 6.07) is 0. The molecule has 0 amide bonds. The molecule has 0 bridgehead atoms. The molecule has 0 saturated heterocycles. The summed E-state index contributed by atoms with van der Waals surface area (Å²) in [6.45, 7) is 19.1. The maximum absolute atomic E-state index is 3.96. The van der Waals surface area contributed by atoms with Gasteiger partial charge in [-0.3, -0.25) is 0 Å². The second-order valence-electron chi connectivity index (χ2n) is 5.91. The van der Waals surface area contributed by atoms with Crippen LogP contribution in [0, 0.1) is 0 Å². The van der Waals surface area contributed by atoms with Crippen molar-refractivity contribution < 1.29 is 0 Å². The van der Waals surface area contributed by atoms with Gasteiger partial charge in [0.1, 0.15) is 0 Å². The lowest BCUT2D eigenvalue weighted by atomic mass is 9.94. The molecule has 0 fully saturated rings. The van der Waals surface area contributed by atoms with Gasteiger partial charge < -0.3 is 0 Å². The highest BCUT2D eigenvalue weighted by Crippen LogP contribution is 2.23. The minimum absolute atomic E-state index is 1.11. The third-order valence-corrected chi connectivity index (χ3v) is 3.01. The molecule has 19 heavy (non-hydrogen) atoms. The third-order valence-electron chi connectivity index (χ3n) is 3.01. The predicted octanol–water partition coefficient (Wildman–Crippen LogP) is 6.54. The Labute approximate surface area is 120 Å². The molecule has 0 aliphatic rings. The van der Waals surface area contributed by atoms with Crippen molar-refractivity contribution >= 4 is 0 Å². The Kier molecular flexibility index (Phi) is 8.14. The fraction of sp³-hybridized carbons (Fsp3) is 0.474. The maximum Gasteiger partial charge on any atom is -0.0240 e. The summed E-state index contributed by atoms with van der Waals surface area (Å²) in [6.07, 6.45) is 8.82. The van der Waals surface area contributed by atoms with Gasteiger partial charge >= 0.3 is 0 Å². The van der Waals surface area contributed by atoms with Crippen molar-refractivity contribution in [3.63, 3.8) is 0 Å².